The fourth-order valence-electron chi connectivity index (χ4n) is 3.68. The van der Waals surface area contributed by atoms with Crippen LogP contribution in [0.15, 0.2) is 48.5 Å². The van der Waals surface area contributed by atoms with Crippen LogP contribution in [0.2, 0.25) is 0 Å². The number of carbonyl (C=O) groups excluding carboxylic acids is 3. The van der Waals surface area contributed by atoms with Gasteiger partial charge in [-0.05, 0) is 54.6 Å². The first kappa shape index (κ1) is 25.2. The molecular weight excluding hydrogens is 432 g/mol. The van der Waals surface area contributed by atoms with Crippen molar-refractivity contribution >= 4 is 29.1 Å². The number of hydrogen-bond acceptors (Lipinski definition) is 5. The average molecular weight is 467 g/mol. The molecule has 1 aliphatic heterocycles. The lowest BCUT2D eigenvalue weighted by molar-refractivity contribution is -0.125. The van der Waals surface area contributed by atoms with E-state index in [-0.39, 0.29) is 35.7 Å². The van der Waals surface area contributed by atoms with Gasteiger partial charge in [0.2, 0.25) is 5.91 Å². The number of nitrogens with two attached hydrogens (primary N) is 1. The van der Waals surface area contributed by atoms with Gasteiger partial charge in [0.15, 0.2) is 6.61 Å². The number of nitrogens with zero attached hydrogens (tertiary/aromatic N) is 1. The van der Waals surface area contributed by atoms with E-state index in [1.807, 2.05) is 45.9 Å². The van der Waals surface area contributed by atoms with Gasteiger partial charge in [-0.25, -0.2) is 0 Å². The highest BCUT2D eigenvalue weighted by Gasteiger charge is 2.37. The molecule has 0 saturated carbocycles. The van der Waals surface area contributed by atoms with Crippen LogP contribution in [0.5, 0.6) is 5.75 Å². The molecule has 34 heavy (non-hydrogen) atoms. The first-order valence-electron chi connectivity index (χ1n) is 11.5. The summed E-state index contributed by atoms with van der Waals surface area (Å²) in [6, 6.07) is 13.4. The molecule has 3 rings (SSSR count). The third-order valence-electron chi connectivity index (χ3n) is 5.74. The zero-order valence-electron chi connectivity index (χ0n) is 20.3. The number of rotatable bonds is 9. The van der Waals surface area contributed by atoms with Crippen LogP contribution in [-0.2, 0) is 9.59 Å². The highest BCUT2D eigenvalue weighted by atomic mass is 16.5. The van der Waals surface area contributed by atoms with E-state index in [1.165, 1.54) is 4.90 Å². The summed E-state index contributed by atoms with van der Waals surface area (Å²) < 4.78 is 5.66. The van der Waals surface area contributed by atoms with Crippen LogP contribution in [0.1, 0.15) is 44.5 Å². The molecule has 1 atom stereocenters. The molecule has 3 amide bonds. The number of benzene rings is 2. The highest BCUT2D eigenvalue weighted by Crippen LogP contribution is 2.35. The van der Waals surface area contributed by atoms with Gasteiger partial charge in [-0.2, -0.15) is 0 Å². The maximum Gasteiger partial charge on any atom is 0.265 e. The summed E-state index contributed by atoms with van der Waals surface area (Å²) in [4.78, 5) is 40.5. The normalized spacial score (nSPS) is 15.5. The van der Waals surface area contributed by atoms with Gasteiger partial charge < -0.3 is 21.1 Å². The van der Waals surface area contributed by atoms with E-state index in [1.54, 1.807) is 30.3 Å². The van der Waals surface area contributed by atoms with Gasteiger partial charge in [0.05, 0.1) is 11.4 Å². The summed E-state index contributed by atoms with van der Waals surface area (Å²) in [7, 11) is 0. The lowest BCUT2D eigenvalue weighted by Gasteiger charge is -2.37. The molecule has 0 spiro atoms. The highest BCUT2D eigenvalue weighted by molar-refractivity contribution is 6.13. The first-order chi connectivity index (χ1) is 16.1. The van der Waals surface area contributed by atoms with Gasteiger partial charge in [0, 0.05) is 12.1 Å². The third kappa shape index (κ3) is 6.14. The molecular formula is C26H34N4O4. The van der Waals surface area contributed by atoms with Gasteiger partial charge in [-0.1, -0.05) is 45.9 Å². The van der Waals surface area contributed by atoms with E-state index in [0.29, 0.717) is 42.2 Å². The molecule has 4 N–H and O–H groups in total. The number of ether oxygens (including phenoxy) is 1. The third-order valence-corrected chi connectivity index (χ3v) is 5.74. The van der Waals surface area contributed by atoms with Crippen molar-refractivity contribution in [1.29, 1.82) is 0 Å². The molecule has 1 unspecified atom stereocenters. The van der Waals surface area contributed by atoms with Gasteiger partial charge >= 0.3 is 0 Å². The predicted molar refractivity (Wildman–Crippen MR) is 133 cm³/mol. The average Bonchev–Trinajstić information content (AvgIpc) is 2.81. The maximum atomic E-state index is 13.3. The van der Waals surface area contributed by atoms with Crippen molar-refractivity contribution in [2.24, 2.45) is 17.1 Å². The lowest BCUT2D eigenvalue weighted by Crippen LogP contribution is -2.53. The summed E-state index contributed by atoms with van der Waals surface area (Å²) in [5, 5.41) is 5.76. The van der Waals surface area contributed by atoms with E-state index in [2.05, 4.69) is 10.6 Å². The van der Waals surface area contributed by atoms with Crippen molar-refractivity contribution in [1.82, 2.24) is 5.32 Å². The zero-order chi connectivity index (χ0) is 24.9. The van der Waals surface area contributed by atoms with Crippen molar-refractivity contribution in [3.05, 3.63) is 54.1 Å². The summed E-state index contributed by atoms with van der Waals surface area (Å²) in [6.07, 6.45) is 0.499. The fraction of sp³-hybridized carbons (Fsp3) is 0.423. The van der Waals surface area contributed by atoms with Crippen molar-refractivity contribution in [2.45, 2.75) is 40.2 Å². The minimum atomic E-state index is -0.663. The van der Waals surface area contributed by atoms with Gasteiger partial charge in [0.25, 0.3) is 11.8 Å². The number of amides is 3. The molecule has 0 bridgehead atoms. The number of fused-ring (bicyclic) bond motifs is 1. The molecule has 182 valence electrons. The second-order valence-corrected chi connectivity index (χ2v) is 9.78. The molecule has 8 nitrogen and oxygen atoms in total. The lowest BCUT2D eigenvalue weighted by atomic mass is 9.94. The van der Waals surface area contributed by atoms with E-state index in [4.69, 9.17) is 10.5 Å². The van der Waals surface area contributed by atoms with E-state index in [9.17, 15) is 14.4 Å². The van der Waals surface area contributed by atoms with Crippen LogP contribution < -0.4 is 26.0 Å². The number of hydrogen-bond donors (Lipinski definition) is 3. The second kappa shape index (κ2) is 10.7. The summed E-state index contributed by atoms with van der Waals surface area (Å²) >= 11 is 0. The smallest absolute Gasteiger partial charge is 0.265 e. The van der Waals surface area contributed by atoms with Crippen LogP contribution in [0.4, 0.5) is 11.4 Å². The minimum Gasteiger partial charge on any atom is -0.484 e. The molecule has 1 heterocycles. The summed E-state index contributed by atoms with van der Waals surface area (Å²) in [5.74, 6) is -0.110. The Morgan fingerprint density at radius 3 is 2.53 bits per heavy atom. The van der Waals surface area contributed by atoms with E-state index in [0.717, 1.165) is 0 Å². The van der Waals surface area contributed by atoms with E-state index < -0.39 is 6.04 Å². The standard InChI is InChI=1S/C26H34N4O4/c1-17(2)12-22-25(33)29-20-13-18(24(32)28-16-26(3,4)15-27)10-11-21(20)30(22)23(31)14-34-19-8-6-5-7-9-19/h5-11,13,17,22H,12,14-16,27H2,1-4H3,(H,28,32)(H,29,33). The Labute approximate surface area is 200 Å². The van der Waals surface area contributed by atoms with Crippen molar-refractivity contribution in [3.8, 4) is 5.75 Å². The van der Waals surface area contributed by atoms with Crippen LogP contribution in [0, 0.1) is 11.3 Å². The molecule has 0 aromatic heterocycles. The minimum absolute atomic E-state index is 0.193. The van der Waals surface area contributed by atoms with Gasteiger partial charge in [-0.15, -0.1) is 0 Å². The SMILES string of the molecule is CC(C)CC1C(=O)Nc2cc(C(=O)NCC(C)(C)CN)ccc2N1C(=O)COc1ccccc1. The number of para-hydroxylation sites is 1. The Kier molecular flexibility index (Phi) is 7.94. The van der Waals surface area contributed by atoms with Gasteiger partial charge in [0.1, 0.15) is 11.8 Å². The van der Waals surface area contributed by atoms with Crippen molar-refractivity contribution in [2.75, 3.05) is 29.9 Å². The monoisotopic (exact) mass is 466 g/mol. The molecule has 0 radical (unpaired) electrons. The predicted octanol–water partition coefficient (Wildman–Crippen LogP) is 3.18. The van der Waals surface area contributed by atoms with Crippen LogP contribution in [-0.4, -0.2) is 43.5 Å². The number of nitrogens with one attached hydrogen (secondary N) is 2. The Bertz CT molecular complexity index is 1040. The van der Waals surface area contributed by atoms with E-state index >= 15 is 0 Å². The zero-order valence-corrected chi connectivity index (χ0v) is 20.3. The number of anilines is 2. The van der Waals surface area contributed by atoms with Crippen molar-refractivity contribution in [3.63, 3.8) is 0 Å². The molecule has 2 aromatic rings. The molecule has 0 fully saturated rings. The summed E-state index contributed by atoms with van der Waals surface area (Å²) in [5.41, 5.74) is 6.87. The Hall–Kier alpha value is -3.39. The quantitative estimate of drug-likeness (QED) is 0.525. The Morgan fingerprint density at radius 1 is 1.18 bits per heavy atom. The Morgan fingerprint density at radius 2 is 1.88 bits per heavy atom. The first-order valence-corrected chi connectivity index (χ1v) is 11.5. The topological polar surface area (TPSA) is 114 Å². The molecule has 1 aliphatic rings. The molecule has 0 saturated heterocycles. The summed E-state index contributed by atoms with van der Waals surface area (Å²) in [6.45, 7) is 8.59. The van der Waals surface area contributed by atoms with Crippen LogP contribution in [0.25, 0.3) is 0 Å². The Balaban J connectivity index is 1.85. The number of carbonyl (C=O) groups is 3. The van der Waals surface area contributed by atoms with Gasteiger partial charge in [-0.3, -0.25) is 19.3 Å². The van der Waals surface area contributed by atoms with Crippen LogP contribution in [0.3, 0.4) is 0 Å². The largest absolute Gasteiger partial charge is 0.484 e. The van der Waals surface area contributed by atoms with Crippen molar-refractivity contribution < 1.29 is 19.1 Å². The molecule has 0 aliphatic carbocycles. The van der Waals surface area contributed by atoms with Crippen LogP contribution >= 0.6 is 0 Å². The molecule has 2 aromatic carbocycles. The fourth-order valence-corrected chi connectivity index (χ4v) is 3.68. The molecule has 8 heteroatoms. The second-order valence-electron chi connectivity index (χ2n) is 9.78. The maximum absolute atomic E-state index is 13.3.